The van der Waals surface area contributed by atoms with E-state index in [9.17, 15) is 4.79 Å². The Morgan fingerprint density at radius 3 is 2.29 bits per heavy atom. The van der Waals surface area contributed by atoms with E-state index in [0.717, 1.165) is 6.54 Å². The molecule has 0 atom stereocenters. The largest absolute Gasteiger partial charge is 0.412 e. The Bertz CT molecular complexity index is 149. The summed E-state index contributed by atoms with van der Waals surface area (Å²) in [6.45, 7) is 8.96. The number of nitrogens with one attached hydrogen (secondary N) is 1. The van der Waals surface area contributed by atoms with Gasteiger partial charge in [-0.15, -0.1) is 0 Å². The van der Waals surface area contributed by atoms with Crippen LogP contribution in [-0.2, 0) is 4.79 Å². The maximum Gasteiger partial charge on any atom is 0.0901 e. The predicted molar refractivity (Wildman–Crippen MR) is 54.4 cm³/mol. The molecule has 0 aromatic heterocycles. The molecule has 0 fully saturated rings. The molecular weight excluding hydrogens is 414 g/mol. The number of rotatable bonds is 5. The molecule has 0 aliphatic rings. The Hall–Kier alpha value is 0.147. The van der Waals surface area contributed by atoms with Gasteiger partial charge in [-0.05, 0) is 12.5 Å². The van der Waals surface area contributed by atoms with Crippen molar-refractivity contribution in [3.05, 3.63) is 19.1 Å². The van der Waals surface area contributed by atoms with E-state index in [2.05, 4.69) is 26.1 Å². The molecule has 0 radical (unpaired) electrons. The summed E-state index contributed by atoms with van der Waals surface area (Å²) in [5.41, 5.74) is 0. The van der Waals surface area contributed by atoms with E-state index in [0.29, 0.717) is 12.5 Å². The molecule has 0 bridgehead atoms. The summed E-state index contributed by atoms with van der Waals surface area (Å²) in [5, 5.41) is 3.04. The second-order valence-electron chi connectivity index (χ2n) is 2.89. The number of carbonyl (C=O) groups excluding carboxylic acids is 1. The maximum atomic E-state index is 10.8. The molecule has 0 aromatic carbocycles. The van der Waals surface area contributed by atoms with Crippen molar-refractivity contribution in [3.63, 3.8) is 0 Å². The van der Waals surface area contributed by atoms with Crippen molar-refractivity contribution >= 4 is 5.78 Å². The monoisotopic (exact) mass is 428 g/mol. The van der Waals surface area contributed by atoms with Crippen molar-refractivity contribution in [2.75, 3.05) is 13.1 Å². The number of hydrogen-bond acceptors (Lipinski definition) is 2. The number of allylic oxidation sites excluding steroid dienone is 1. The number of ketones is 1. The average Bonchev–Trinajstić information content (AvgIpc) is 1.87. The van der Waals surface area contributed by atoms with Gasteiger partial charge in [0.1, 0.15) is 0 Å². The maximum absolute atomic E-state index is 10.8. The number of hydrogen-bond donors (Lipinski definition) is 1. The normalized spacial score (nSPS) is 8.79. The minimum atomic E-state index is 0. The van der Waals surface area contributed by atoms with Crippen molar-refractivity contribution in [1.29, 1.82) is 0 Å². The van der Waals surface area contributed by atoms with E-state index in [4.69, 9.17) is 0 Å². The van der Waals surface area contributed by atoms with Crippen LogP contribution < -0.4 is 5.32 Å². The van der Waals surface area contributed by atoms with E-state index < -0.39 is 0 Å². The van der Waals surface area contributed by atoms with Crippen LogP contribution in [0.4, 0.5) is 0 Å². The summed E-state index contributed by atoms with van der Waals surface area (Å²) in [6.07, 6.45) is 2.99. The third-order valence-corrected chi connectivity index (χ3v) is 1.16. The third kappa shape index (κ3) is 18.0. The molecule has 0 rings (SSSR count). The molecular formula is C9H20NO3Pu-. The molecule has 4 nitrogen and oxygen atoms in total. The van der Waals surface area contributed by atoms with Crippen LogP contribution in [0.1, 0.15) is 13.8 Å². The minimum Gasteiger partial charge on any atom is -0.412 e. The van der Waals surface area contributed by atoms with Gasteiger partial charge in [0.2, 0.25) is 0 Å². The molecule has 0 heterocycles. The topological polar surface area (TPSA) is 92.1 Å². The Morgan fingerprint density at radius 1 is 1.43 bits per heavy atom. The predicted octanol–water partition coefficient (Wildman–Crippen LogP) is -0.458. The first-order chi connectivity index (χ1) is 5.16. The fourth-order valence-corrected chi connectivity index (χ4v) is 0.674. The molecule has 5 heteroatoms. The Balaban J connectivity index is -0.000000167. The standard InChI is InChI=1S/C9H16NO.2H2O.Pu/c1-4-5-9(11)7-10-6-8(2)3;;;/h4-5,8,10H,1,6-7H2,2-3H3;2*1H2;/q-1;;;/b5-4+;;;. The van der Waals surface area contributed by atoms with Crippen molar-refractivity contribution < 1.29 is 44.9 Å². The van der Waals surface area contributed by atoms with Crippen LogP contribution in [0.5, 0.6) is 0 Å². The van der Waals surface area contributed by atoms with Crippen LogP contribution in [0.25, 0.3) is 0 Å². The van der Waals surface area contributed by atoms with Crippen molar-refractivity contribution in [1.82, 2.24) is 5.32 Å². The fraction of sp³-hybridized carbons (Fsp3) is 0.556. The molecule has 5 N–H and O–H groups in total. The zero-order chi connectivity index (χ0) is 8.69. The minimum absolute atomic E-state index is 0. The molecule has 86 valence electrons. The SMILES string of the molecule is O.O.[CH2-]/C=C/C(=O)CNCC(C)C.[Pu]. The summed E-state index contributed by atoms with van der Waals surface area (Å²) in [5.74, 6) is 0.673. The van der Waals surface area contributed by atoms with Gasteiger partial charge in [-0.25, -0.2) is 13.0 Å². The average molecular weight is 434 g/mol. The first kappa shape index (κ1) is 23.7. The van der Waals surface area contributed by atoms with Gasteiger partial charge >= 0.3 is 0 Å². The van der Waals surface area contributed by atoms with Crippen molar-refractivity contribution in [3.8, 4) is 0 Å². The van der Waals surface area contributed by atoms with Gasteiger partial charge in [-0.1, -0.05) is 13.8 Å². The molecule has 0 aromatic rings. The molecule has 0 amide bonds. The molecule has 0 aliphatic heterocycles. The van der Waals surface area contributed by atoms with Crippen LogP contribution >= 0.6 is 0 Å². The summed E-state index contributed by atoms with van der Waals surface area (Å²) in [4.78, 5) is 10.8. The van der Waals surface area contributed by atoms with Gasteiger partial charge in [-0.3, -0.25) is 0 Å². The Morgan fingerprint density at radius 2 is 1.93 bits per heavy atom. The van der Waals surface area contributed by atoms with Gasteiger partial charge in [-0.2, -0.15) is 6.08 Å². The van der Waals surface area contributed by atoms with Gasteiger partial charge in [0, 0.05) is 35.7 Å². The molecule has 0 saturated heterocycles. The van der Waals surface area contributed by atoms with E-state index in [1.54, 1.807) is 0 Å². The van der Waals surface area contributed by atoms with Gasteiger partial charge in [0.15, 0.2) is 0 Å². The second-order valence-corrected chi connectivity index (χ2v) is 2.89. The second kappa shape index (κ2) is 15.6. The zero-order valence-electron chi connectivity index (χ0n) is 8.67. The summed E-state index contributed by atoms with van der Waals surface area (Å²) in [6, 6.07) is 0. The first-order valence-corrected chi connectivity index (χ1v) is 3.86. The van der Waals surface area contributed by atoms with Crippen molar-refractivity contribution in [2.45, 2.75) is 13.8 Å². The Kier molecular flexibility index (Phi) is 26.5. The molecule has 0 aliphatic carbocycles. The smallest absolute Gasteiger partial charge is 0.0901 e. The van der Waals surface area contributed by atoms with Crippen molar-refractivity contribution in [2.24, 2.45) is 5.92 Å². The van der Waals surface area contributed by atoms with E-state index in [-0.39, 0.29) is 45.9 Å². The summed E-state index contributed by atoms with van der Waals surface area (Å²) < 4.78 is 0. The zero-order valence-corrected chi connectivity index (χ0v) is 12.1. The number of carbonyl (C=O) groups is 1. The molecule has 0 saturated carbocycles. The van der Waals surface area contributed by atoms with E-state index in [1.165, 1.54) is 12.2 Å². The van der Waals surface area contributed by atoms with Crippen LogP contribution in [0.15, 0.2) is 12.2 Å². The van der Waals surface area contributed by atoms with E-state index in [1.807, 2.05) is 0 Å². The Labute approximate surface area is 108 Å². The van der Waals surface area contributed by atoms with Gasteiger partial charge < -0.3 is 21.1 Å². The quantitative estimate of drug-likeness (QED) is 0.469. The van der Waals surface area contributed by atoms with Crippen LogP contribution in [0.2, 0.25) is 0 Å². The van der Waals surface area contributed by atoms with Crippen LogP contribution in [0, 0.1) is 42.0 Å². The third-order valence-electron chi connectivity index (χ3n) is 1.16. The fourth-order valence-electron chi connectivity index (χ4n) is 0.674. The summed E-state index contributed by atoms with van der Waals surface area (Å²) >= 11 is 0. The molecule has 0 spiro atoms. The first-order valence-electron chi connectivity index (χ1n) is 3.86. The summed E-state index contributed by atoms with van der Waals surface area (Å²) in [7, 11) is 0. The van der Waals surface area contributed by atoms with E-state index >= 15 is 0 Å². The van der Waals surface area contributed by atoms with Crippen LogP contribution in [0.3, 0.4) is 0 Å². The molecule has 0 unspecified atom stereocenters. The van der Waals surface area contributed by atoms with Gasteiger partial charge in [0.25, 0.3) is 0 Å². The van der Waals surface area contributed by atoms with Crippen LogP contribution in [-0.4, -0.2) is 29.8 Å². The molecule has 14 heavy (non-hydrogen) atoms. The van der Waals surface area contributed by atoms with Gasteiger partial charge in [0.05, 0.1) is 5.78 Å².